The van der Waals surface area contributed by atoms with Gasteiger partial charge in [0.05, 0.1) is 53.0 Å². The van der Waals surface area contributed by atoms with Crippen LogP contribution in [0, 0.1) is 0 Å². The molecule has 6 N–H and O–H groups in total. The van der Waals surface area contributed by atoms with Crippen molar-refractivity contribution in [3.05, 3.63) is 95.2 Å². The molecule has 0 saturated carbocycles. The van der Waals surface area contributed by atoms with Gasteiger partial charge in [0.25, 0.3) is 17.7 Å². The zero-order chi connectivity index (χ0) is 48.4. The maximum absolute atomic E-state index is 14.0. The molecular weight excluding hydrogens is 886 g/mol. The topological polar surface area (TPSA) is 206 Å². The number of hydrogen-bond acceptors (Lipinski definition) is 13. The number of nitrogens with one attached hydrogen (secondary N) is 6. The maximum Gasteiger partial charge on any atom is 0.419 e. The first kappa shape index (κ1) is 48.7. The van der Waals surface area contributed by atoms with Gasteiger partial charge in [-0.05, 0) is 62.2 Å². The zero-order valence-corrected chi connectivity index (χ0v) is 37.9. The molecule has 7 rings (SSSR count). The third kappa shape index (κ3) is 11.7. The van der Waals surface area contributed by atoms with E-state index in [0.717, 1.165) is 88.0 Å². The monoisotopic (exact) mass is 940 g/mol. The summed E-state index contributed by atoms with van der Waals surface area (Å²) in [6.45, 7) is 4.83. The predicted octanol–water partition coefficient (Wildman–Crippen LogP) is 6.05. The van der Waals surface area contributed by atoms with Crippen LogP contribution in [0.1, 0.15) is 88.0 Å². The van der Waals surface area contributed by atoms with Gasteiger partial charge in [-0.1, -0.05) is 43.9 Å². The number of carbonyl (C=O) groups excluding carboxylic acids is 6. The Morgan fingerprint density at radius 3 is 2.29 bits per heavy atom. The molecule has 20 heteroatoms. The molecule has 1 atom stereocenters. The lowest BCUT2D eigenvalue weighted by atomic mass is 10.0. The quantitative estimate of drug-likeness (QED) is 0.0442. The molecule has 2 saturated heterocycles. The third-order valence-electron chi connectivity index (χ3n) is 12.2. The Kier molecular flexibility index (Phi) is 15.8. The van der Waals surface area contributed by atoms with Crippen LogP contribution in [0.25, 0.3) is 0 Å². The number of rotatable bonds is 20. The Labute approximate surface area is 391 Å². The van der Waals surface area contributed by atoms with Gasteiger partial charge in [-0.15, -0.1) is 0 Å². The number of para-hydroxylation sites is 1. The number of methoxy groups -OCH3 is 1. The fourth-order valence-electron chi connectivity index (χ4n) is 8.57. The summed E-state index contributed by atoms with van der Waals surface area (Å²) in [7, 11) is 2.97. The molecule has 17 nitrogen and oxygen atoms in total. The lowest BCUT2D eigenvalue weighted by molar-refractivity contribution is -0.137. The average Bonchev–Trinajstić information content (AvgIpc) is 3.58. The highest BCUT2D eigenvalue weighted by Gasteiger charge is 2.45. The molecule has 68 heavy (non-hydrogen) atoms. The van der Waals surface area contributed by atoms with Crippen LogP contribution in [0.15, 0.2) is 72.9 Å². The van der Waals surface area contributed by atoms with Crippen LogP contribution < -0.4 is 41.5 Å². The normalized spacial score (nSPS) is 16.3. The van der Waals surface area contributed by atoms with E-state index in [1.54, 1.807) is 24.3 Å². The molecule has 2 fully saturated rings. The number of benzene rings is 3. The first-order chi connectivity index (χ1) is 32.7. The minimum atomic E-state index is -4.70. The summed E-state index contributed by atoms with van der Waals surface area (Å²) >= 11 is 0. The van der Waals surface area contributed by atoms with Crippen LogP contribution in [-0.2, 0) is 20.6 Å². The van der Waals surface area contributed by atoms with Crippen LogP contribution >= 0.6 is 0 Å². The van der Waals surface area contributed by atoms with Crippen molar-refractivity contribution in [3.63, 3.8) is 0 Å². The van der Waals surface area contributed by atoms with Gasteiger partial charge in [0.1, 0.15) is 17.6 Å². The molecule has 360 valence electrons. The highest BCUT2D eigenvalue weighted by molar-refractivity contribution is 6.25. The minimum Gasteiger partial charge on any atom is -0.494 e. The van der Waals surface area contributed by atoms with Gasteiger partial charge in [0.15, 0.2) is 0 Å². The van der Waals surface area contributed by atoms with Gasteiger partial charge >= 0.3 is 6.18 Å². The zero-order valence-electron chi connectivity index (χ0n) is 37.9. The van der Waals surface area contributed by atoms with Crippen molar-refractivity contribution in [3.8, 4) is 5.75 Å². The molecule has 3 aliphatic heterocycles. The predicted molar refractivity (Wildman–Crippen MR) is 250 cm³/mol. The Morgan fingerprint density at radius 2 is 1.56 bits per heavy atom. The number of imide groups is 2. The number of amides is 6. The van der Waals surface area contributed by atoms with Crippen molar-refractivity contribution in [2.45, 2.75) is 63.6 Å². The summed E-state index contributed by atoms with van der Waals surface area (Å²) in [6, 6.07) is 16.8. The van der Waals surface area contributed by atoms with E-state index in [4.69, 9.17) is 4.74 Å². The summed E-state index contributed by atoms with van der Waals surface area (Å²) < 4.78 is 47.8. The first-order valence-corrected chi connectivity index (χ1v) is 22.7. The molecule has 3 aromatic carbocycles. The van der Waals surface area contributed by atoms with Crippen LogP contribution in [0.5, 0.6) is 5.75 Å². The van der Waals surface area contributed by atoms with Crippen molar-refractivity contribution in [2.24, 2.45) is 0 Å². The number of pyridine rings is 1. The van der Waals surface area contributed by atoms with Crippen molar-refractivity contribution < 1.29 is 46.7 Å². The molecule has 0 radical (unpaired) electrons. The van der Waals surface area contributed by atoms with E-state index in [2.05, 4.69) is 46.7 Å². The number of hydrogen-bond donors (Lipinski definition) is 6. The van der Waals surface area contributed by atoms with Gasteiger partial charge < -0.3 is 36.2 Å². The van der Waals surface area contributed by atoms with Crippen molar-refractivity contribution in [1.29, 1.82) is 0 Å². The third-order valence-corrected chi connectivity index (χ3v) is 12.2. The van der Waals surface area contributed by atoms with Gasteiger partial charge in [0.2, 0.25) is 17.7 Å². The van der Waals surface area contributed by atoms with Crippen LogP contribution in [0.2, 0.25) is 0 Å². The number of piperazine rings is 1. The summed E-state index contributed by atoms with van der Waals surface area (Å²) in [5.74, 6) is -2.44. The van der Waals surface area contributed by atoms with E-state index >= 15 is 0 Å². The Bertz CT molecular complexity index is 2530. The number of carbonyl (C=O) groups is 6. The lowest BCUT2D eigenvalue weighted by Gasteiger charge is -2.36. The second kappa shape index (κ2) is 22.1. The van der Waals surface area contributed by atoms with Gasteiger partial charge in [-0.2, -0.15) is 13.2 Å². The van der Waals surface area contributed by atoms with Gasteiger partial charge in [-0.3, -0.25) is 43.9 Å². The van der Waals surface area contributed by atoms with Gasteiger partial charge in [-0.25, -0.2) is 4.98 Å². The fraction of sp³-hybridized carbons (Fsp3) is 0.396. The summed E-state index contributed by atoms with van der Waals surface area (Å²) in [5, 5.41) is 16.4. The van der Waals surface area contributed by atoms with E-state index < -0.39 is 47.3 Å². The second-order valence-corrected chi connectivity index (χ2v) is 16.7. The average molecular weight is 941 g/mol. The standard InChI is InChI=1S/C48H55F3N10O7/c1-52-44(64)31-12-7-8-14-34(31)56-37-27-40(55-28-33(37)48(49,50)51)57-35-17-16-30(26-39(35)68-2)60-24-22-59(23-25-60)21-10-6-4-3-5-9-20-53-42(63)29-54-36-15-11-13-32-43(36)47(67)61(46(32)66)38-18-19-41(62)58-45(38)65/h7-8,11-17,26-28,38,54H,3-6,9-10,18-25,29H2,1-2H3,(H,52,64)(H,53,63)(H2,55,56,57)(H,58,62,65). The summed E-state index contributed by atoms with van der Waals surface area (Å²) in [5.41, 5.74) is 1.18. The van der Waals surface area contributed by atoms with Crippen molar-refractivity contribution in [2.75, 3.05) is 80.8 Å². The number of anilines is 6. The first-order valence-electron chi connectivity index (χ1n) is 22.7. The van der Waals surface area contributed by atoms with Crippen LogP contribution in [-0.4, -0.2) is 116 Å². The summed E-state index contributed by atoms with van der Waals surface area (Å²) in [4.78, 5) is 85.0. The Hall–Kier alpha value is -7.22. The fourth-order valence-corrected chi connectivity index (χ4v) is 8.57. The molecular formula is C48H55F3N10O7. The number of fused-ring (bicyclic) bond motifs is 1. The molecule has 4 heterocycles. The highest BCUT2D eigenvalue weighted by atomic mass is 19.4. The number of ether oxygens (including phenoxy) is 1. The van der Waals surface area contributed by atoms with E-state index in [0.29, 0.717) is 23.7 Å². The van der Waals surface area contributed by atoms with Crippen molar-refractivity contribution in [1.82, 2.24) is 30.7 Å². The van der Waals surface area contributed by atoms with Crippen LogP contribution in [0.4, 0.5) is 47.4 Å². The number of aromatic nitrogens is 1. The smallest absolute Gasteiger partial charge is 0.419 e. The molecule has 4 aromatic rings. The SMILES string of the molecule is CNC(=O)c1ccccc1Nc1cc(Nc2ccc(N3CCN(CCCCCCCCNC(=O)CNc4cccc5c4C(=O)N(C4CCC(=O)NC4=O)C5=O)CC3)cc2OC)ncc1C(F)(F)F. The number of alkyl halides is 3. The molecule has 6 amide bonds. The highest BCUT2D eigenvalue weighted by Crippen LogP contribution is 2.39. The molecule has 1 aromatic heterocycles. The van der Waals surface area contributed by atoms with E-state index in [1.807, 2.05) is 18.2 Å². The molecule has 1 unspecified atom stereocenters. The number of halogens is 3. The lowest BCUT2D eigenvalue weighted by Crippen LogP contribution is -2.54. The second-order valence-electron chi connectivity index (χ2n) is 16.7. The number of piperidine rings is 1. The van der Waals surface area contributed by atoms with Crippen molar-refractivity contribution >= 4 is 69.7 Å². The van der Waals surface area contributed by atoms with E-state index in [9.17, 15) is 41.9 Å². The molecule has 0 spiro atoms. The van der Waals surface area contributed by atoms with Crippen LogP contribution in [0.3, 0.4) is 0 Å². The Balaban J connectivity index is 0.787. The minimum absolute atomic E-state index is 0.0263. The van der Waals surface area contributed by atoms with E-state index in [1.165, 1.54) is 38.4 Å². The molecule has 0 aliphatic carbocycles. The number of unbranched alkanes of at least 4 members (excludes halogenated alkanes) is 5. The summed E-state index contributed by atoms with van der Waals surface area (Å²) in [6.07, 6.45) is 2.23. The number of nitrogens with zero attached hydrogens (tertiary/aromatic N) is 4. The largest absolute Gasteiger partial charge is 0.494 e. The Morgan fingerprint density at radius 1 is 0.824 bits per heavy atom. The molecule has 3 aliphatic rings. The maximum atomic E-state index is 14.0. The molecule has 0 bridgehead atoms. The van der Waals surface area contributed by atoms with Gasteiger partial charge in [0, 0.05) is 75.9 Å². The van der Waals surface area contributed by atoms with E-state index in [-0.39, 0.29) is 59.2 Å².